The lowest BCUT2D eigenvalue weighted by Crippen LogP contribution is -2.42. The third-order valence-electron chi connectivity index (χ3n) is 4.78. The molecule has 1 heterocycles. The molecule has 2 N–H and O–H groups in total. The second-order valence-electron chi connectivity index (χ2n) is 7.90. The summed E-state index contributed by atoms with van der Waals surface area (Å²) in [5, 5.41) is 7.10. The molecular formula is C22H27N3O3S. The minimum absolute atomic E-state index is 0.0153. The number of thiocarbonyl (C=S) groups is 1. The van der Waals surface area contributed by atoms with Gasteiger partial charge in [0.1, 0.15) is 17.1 Å². The number of carbonyl (C=O) groups excluding carboxylic acids is 1. The van der Waals surface area contributed by atoms with E-state index in [1.165, 1.54) is 0 Å². The zero-order chi connectivity index (χ0) is 21.2. The van der Waals surface area contributed by atoms with Crippen LogP contribution < -0.4 is 20.1 Å². The van der Waals surface area contributed by atoms with Gasteiger partial charge in [0.25, 0.3) is 5.91 Å². The number of nitrogens with one attached hydrogen (secondary N) is 2. The number of anilines is 1. The number of carbonyl (C=O) groups is 1. The van der Waals surface area contributed by atoms with Crippen LogP contribution in [0.3, 0.4) is 0 Å². The monoisotopic (exact) mass is 413 g/mol. The minimum atomic E-state index is -0.316. The Morgan fingerprint density at radius 2 is 1.90 bits per heavy atom. The van der Waals surface area contributed by atoms with Crippen molar-refractivity contribution in [2.24, 2.45) is 0 Å². The molecule has 0 saturated heterocycles. The van der Waals surface area contributed by atoms with Crippen LogP contribution in [0.1, 0.15) is 42.2 Å². The SMILES string of the molecule is COc1ccc2c(c1)[C@H](NC(=S)Nc1ccc(C(=O)N(C)C)cc1)CC(C)(C)O2. The third kappa shape index (κ3) is 4.98. The first-order valence-corrected chi connectivity index (χ1v) is 9.85. The Bertz CT molecular complexity index is 910. The summed E-state index contributed by atoms with van der Waals surface area (Å²) in [5.74, 6) is 1.57. The predicted octanol–water partition coefficient (Wildman–Crippen LogP) is 3.99. The first-order valence-electron chi connectivity index (χ1n) is 9.45. The van der Waals surface area contributed by atoms with E-state index < -0.39 is 0 Å². The third-order valence-corrected chi connectivity index (χ3v) is 5.00. The van der Waals surface area contributed by atoms with E-state index in [0.29, 0.717) is 10.7 Å². The topological polar surface area (TPSA) is 62.8 Å². The molecule has 1 aliphatic rings. The van der Waals surface area contributed by atoms with E-state index in [2.05, 4.69) is 24.5 Å². The largest absolute Gasteiger partial charge is 0.497 e. The van der Waals surface area contributed by atoms with Crippen molar-refractivity contribution in [2.75, 3.05) is 26.5 Å². The number of fused-ring (bicyclic) bond motifs is 1. The van der Waals surface area contributed by atoms with Gasteiger partial charge in [-0.2, -0.15) is 0 Å². The van der Waals surface area contributed by atoms with Crippen molar-refractivity contribution in [1.82, 2.24) is 10.2 Å². The molecule has 6 nitrogen and oxygen atoms in total. The zero-order valence-corrected chi connectivity index (χ0v) is 18.2. The van der Waals surface area contributed by atoms with Crippen LogP contribution in [0.15, 0.2) is 42.5 Å². The second kappa shape index (κ2) is 8.29. The van der Waals surface area contributed by atoms with Crippen LogP contribution in [0.5, 0.6) is 11.5 Å². The van der Waals surface area contributed by atoms with Gasteiger partial charge in [0.15, 0.2) is 5.11 Å². The van der Waals surface area contributed by atoms with Gasteiger partial charge in [-0.15, -0.1) is 0 Å². The number of rotatable bonds is 4. The Kier molecular flexibility index (Phi) is 5.98. The van der Waals surface area contributed by atoms with Crippen LogP contribution >= 0.6 is 12.2 Å². The molecule has 0 aliphatic carbocycles. The molecule has 0 saturated carbocycles. The fourth-order valence-electron chi connectivity index (χ4n) is 3.37. The van der Waals surface area contributed by atoms with Crippen LogP contribution in [0.25, 0.3) is 0 Å². The summed E-state index contributed by atoms with van der Waals surface area (Å²) in [6.45, 7) is 4.12. The molecule has 2 aromatic rings. The quantitative estimate of drug-likeness (QED) is 0.739. The van der Waals surface area contributed by atoms with Crippen molar-refractivity contribution in [2.45, 2.75) is 31.9 Å². The molecule has 0 aromatic heterocycles. The van der Waals surface area contributed by atoms with Crippen molar-refractivity contribution in [1.29, 1.82) is 0 Å². The molecule has 2 aromatic carbocycles. The highest BCUT2D eigenvalue weighted by molar-refractivity contribution is 7.80. The fourth-order valence-corrected chi connectivity index (χ4v) is 3.63. The average Bonchev–Trinajstić information content (AvgIpc) is 2.66. The second-order valence-corrected chi connectivity index (χ2v) is 8.31. The maximum absolute atomic E-state index is 12.0. The molecule has 154 valence electrons. The van der Waals surface area contributed by atoms with Gasteiger partial charge in [0.2, 0.25) is 0 Å². The van der Waals surface area contributed by atoms with Gasteiger partial charge in [-0.1, -0.05) is 0 Å². The van der Waals surface area contributed by atoms with Crippen LogP contribution in [0.4, 0.5) is 5.69 Å². The van der Waals surface area contributed by atoms with E-state index >= 15 is 0 Å². The lowest BCUT2D eigenvalue weighted by molar-refractivity contribution is 0.0694. The Labute approximate surface area is 177 Å². The van der Waals surface area contributed by atoms with E-state index in [9.17, 15) is 4.79 Å². The van der Waals surface area contributed by atoms with Crippen LogP contribution in [0.2, 0.25) is 0 Å². The van der Waals surface area contributed by atoms with Gasteiger partial charge in [-0.25, -0.2) is 0 Å². The molecule has 0 unspecified atom stereocenters. The van der Waals surface area contributed by atoms with E-state index in [1.807, 2.05) is 30.3 Å². The zero-order valence-electron chi connectivity index (χ0n) is 17.4. The molecule has 0 fully saturated rings. The maximum Gasteiger partial charge on any atom is 0.253 e. The standard InChI is InChI=1S/C22H27N3O3S/c1-22(2)13-18(17-12-16(27-5)10-11-19(17)28-22)24-21(29)23-15-8-6-14(7-9-15)20(26)25(3)4/h6-12,18H,13H2,1-5H3,(H2,23,24,29)/t18-/m1/s1. The lowest BCUT2D eigenvalue weighted by atomic mass is 9.89. The van der Waals surface area contributed by atoms with Crippen molar-refractivity contribution in [3.05, 3.63) is 53.6 Å². The molecular weight excluding hydrogens is 386 g/mol. The normalized spacial score (nSPS) is 16.8. The molecule has 0 spiro atoms. The van der Waals surface area contributed by atoms with Crippen molar-refractivity contribution in [3.8, 4) is 11.5 Å². The van der Waals surface area contributed by atoms with E-state index in [4.69, 9.17) is 21.7 Å². The lowest BCUT2D eigenvalue weighted by Gasteiger charge is -2.38. The number of hydrogen-bond acceptors (Lipinski definition) is 4. The van der Waals surface area contributed by atoms with Crippen LogP contribution in [-0.2, 0) is 0 Å². The molecule has 1 aliphatic heterocycles. The summed E-state index contributed by atoms with van der Waals surface area (Å²) < 4.78 is 11.5. The first kappa shape index (κ1) is 20.9. The molecule has 29 heavy (non-hydrogen) atoms. The first-order chi connectivity index (χ1) is 13.7. The minimum Gasteiger partial charge on any atom is -0.497 e. The van der Waals surface area contributed by atoms with E-state index in [-0.39, 0.29) is 17.6 Å². The maximum atomic E-state index is 12.0. The smallest absolute Gasteiger partial charge is 0.253 e. The number of methoxy groups -OCH3 is 1. The molecule has 0 bridgehead atoms. The summed E-state index contributed by atoms with van der Waals surface area (Å²) in [4.78, 5) is 13.6. The van der Waals surface area contributed by atoms with Gasteiger partial charge in [-0.3, -0.25) is 4.79 Å². The molecule has 1 atom stereocenters. The Morgan fingerprint density at radius 3 is 2.52 bits per heavy atom. The highest BCUT2D eigenvalue weighted by Crippen LogP contribution is 2.41. The highest BCUT2D eigenvalue weighted by atomic mass is 32.1. The van der Waals surface area contributed by atoms with Crippen molar-refractivity contribution < 1.29 is 14.3 Å². The number of nitrogens with zero attached hydrogens (tertiary/aromatic N) is 1. The summed E-state index contributed by atoms with van der Waals surface area (Å²) in [6.07, 6.45) is 0.755. The van der Waals surface area contributed by atoms with Crippen LogP contribution in [0, 0.1) is 0 Å². The molecule has 3 rings (SSSR count). The molecule has 7 heteroatoms. The number of amides is 1. The van der Waals surface area contributed by atoms with Crippen LogP contribution in [-0.4, -0.2) is 42.7 Å². The number of benzene rings is 2. The average molecular weight is 414 g/mol. The predicted molar refractivity (Wildman–Crippen MR) is 119 cm³/mol. The summed E-state index contributed by atoms with van der Waals surface area (Å²) >= 11 is 5.54. The van der Waals surface area contributed by atoms with Gasteiger partial charge in [-0.05, 0) is 68.5 Å². The molecule has 0 radical (unpaired) electrons. The number of ether oxygens (including phenoxy) is 2. The van der Waals surface area contributed by atoms with E-state index in [1.54, 1.807) is 38.2 Å². The summed E-state index contributed by atoms with van der Waals surface area (Å²) in [6, 6.07) is 13.0. The Hall–Kier alpha value is -2.80. The van der Waals surface area contributed by atoms with Crippen molar-refractivity contribution in [3.63, 3.8) is 0 Å². The summed E-state index contributed by atoms with van der Waals surface area (Å²) in [7, 11) is 5.11. The number of hydrogen-bond donors (Lipinski definition) is 2. The summed E-state index contributed by atoms with van der Waals surface area (Å²) in [5.41, 5.74) is 2.14. The van der Waals surface area contributed by atoms with Crippen molar-refractivity contribution >= 4 is 28.9 Å². The van der Waals surface area contributed by atoms with E-state index in [0.717, 1.165) is 29.2 Å². The van der Waals surface area contributed by atoms with Gasteiger partial charge >= 0.3 is 0 Å². The Morgan fingerprint density at radius 1 is 1.21 bits per heavy atom. The fraction of sp³-hybridized carbons (Fsp3) is 0.364. The van der Waals surface area contributed by atoms with Gasteiger partial charge in [0, 0.05) is 37.3 Å². The van der Waals surface area contributed by atoms with Gasteiger partial charge < -0.3 is 25.0 Å². The Balaban J connectivity index is 1.73. The highest BCUT2D eigenvalue weighted by Gasteiger charge is 2.34. The van der Waals surface area contributed by atoms with Gasteiger partial charge in [0.05, 0.1) is 13.2 Å². The molecule has 1 amide bonds.